The smallest absolute Gasteiger partial charge is 0.182 e. The Morgan fingerprint density at radius 1 is 1.38 bits per heavy atom. The van der Waals surface area contributed by atoms with Crippen LogP contribution in [0.1, 0.15) is 25.4 Å². The Hall–Kier alpha value is -1.49. The third-order valence-corrected chi connectivity index (χ3v) is 2.74. The number of aromatic nitrogens is 4. The number of hydrogen-bond donors (Lipinski definition) is 1. The summed E-state index contributed by atoms with van der Waals surface area (Å²) in [6.45, 7) is 5.86. The molecule has 0 radical (unpaired) electrons. The summed E-state index contributed by atoms with van der Waals surface area (Å²) >= 11 is 0. The van der Waals surface area contributed by atoms with Gasteiger partial charge in [0.05, 0.1) is 11.8 Å². The van der Waals surface area contributed by atoms with Crippen molar-refractivity contribution < 1.29 is 5.11 Å². The van der Waals surface area contributed by atoms with E-state index >= 15 is 0 Å². The van der Waals surface area contributed by atoms with Crippen LogP contribution in [0.4, 0.5) is 0 Å². The summed E-state index contributed by atoms with van der Waals surface area (Å²) in [5, 5.41) is 17.9. The number of aryl methyl sites for hydroxylation is 1. The zero-order valence-corrected chi connectivity index (χ0v) is 9.75. The molecule has 0 aliphatic heterocycles. The van der Waals surface area contributed by atoms with Crippen LogP contribution in [0.2, 0.25) is 0 Å². The van der Waals surface area contributed by atoms with Crippen LogP contribution in [0.25, 0.3) is 5.65 Å². The Morgan fingerprint density at radius 2 is 2.12 bits per heavy atom. The molecule has 0 amide bonds. The van der Waals surface area contributed by atoms with E-state index in [-0.39, 0.29) is 5.92 Å². The summed E-state index contributed by atoms with van der Waals surface area (Å²) < 4.78 is 1.88. The first-order valence-electron chi connectivity index (χ1n) is 5.43. The standard InChI is InChI=1S/C11H16N4O/c1-7(2)10(16)6-9-11-14-13-8(3)15(11)5-4-12-9/h4-5,7,10,16H,6H2,1-3H3. The van der Waals surface area contributed by atoms with Gasteiger partial charge in [0, 0.05) is 18.8 Å². The van der Waals surface area contributed by atoms with E-state index in [1.165, 1.54) is 0 Å². The van der Waals surface area contributed by atoms with E-state index < -0.39 is 6.10 Å². The second kappa shape index (κ2) is 4.17. The van der Waals surface area contributed by atoms with Crippen molar-refractivity contribution in [3.8, 4) is 0 Å². The maximum absolute atomic E-state index is 9.85. The van der Waals surface area contributed by atoms with Gasteiger partial charge in [0.15, 0.2) is 5.65 Å². The van der Waals surface area contributed by atoms with E-state index in [0.717, 1.165) is 17.2 Å². The highest BCUT2D eigenvalue weighted by atomic mass is 16.3. The number of nitrogens with zero attached hydrogens (tertiary/aromatic N) is 4. The van der Waals surface area contributed by atoms with Crippen LogP contribution in [-0.2, 0) is 6.42 Å². The number of rotatable bonds is 3. The second-order valence-electron chi connectivity index (χ2n) is 4.33. The average Bonchev–Trinajstić information content (AvgIpc) is 2.62. The minimum absolute atomic E-state index is 0.214. The van der Waals surface area contributed by atoms with Gasteiger partial charge < -0.3 is 5.11 Å². The van der Waals surface area contributed by atoms with Crippen molar-refractivity contribution in [2.45, 2.75) is 33.3 Å². The third-order valence-electron chi connectivity index (χ3n) is 2.74. The van der Waals surface area contributed by atoms with Crippen molar-refractivity contribution >= 4 is 5.65 Å². The van der Waals surface area contributed by atoms with Crippen molar-refractivity contribution in [3.05, 3.63) is 23.9 Å². The van der Waals surface area contributed by atoms with Crippen LogP contribution in [0.15, 0.2) is 12.4 Å². The summed E-state index contributed by atoms with van der Waals surface area (Å²) in [5.74, 6) is 1.05. The molecule has 0 aliphatic rings. The lowest BCUT2D eigenvalue weighted by atomic mass is 10.0. The molecular formula is C11H16N4O. The van der Waals surface area contributed by atoms with Gasteiger partial charge in [0.25, 0.3) is 0 Å². The first kappa shape index (κ1) is 11.0. The molecule has 2 aromatic rings. The van der Waals surface area contributed by atoms with E-state index in [4.69, 9.17) is 0 Å². The summed E-state index contributed by atoms with van der Waals surface area (Å²) in [6, 6.07) is 0. The molecule has 16 heavy (non-hydrogen) atoms. The lowest BCUT2D eigenvalue weighted by Gasteiger charge is -2.13. The molecule has 5 heteroatoms. The van der Waals surface area contributed by atoms with Gasteiger partial charge in [-0.1, -0.05) is 13.8 Å². The van der Waals surface area contributed by atoms with Crippen molar-refractivity contribution in [2.75, 3.05) is 0 Å². The monoisotopic (exact) mass is 220 g/mol. The molecule has 2 rings (SSSR count). The minimum Gasteiger partial charge on any atom is -0.392 e. The van der Waals surface area contributed by atoms with Crippen LogP contribution in [0.5, 0.6) is 0 Å². The quantitative estimate of drug-likeness (QED) is 0.838. The molecule has 1 N–H and O–H groups in total. The Kier molecular flexibility index (Phi) is 2.87. The number of aliphatic hydroxyl groups is 1. The lowest BCUT2D eigenvalue weighted by Crippen LogP contribution is -2.19. The van der Waals surface area contributed by atoms with E-state index in [2.05, 4.69) is 15.2 Å². The van der Waals surface area contributed by atoms with Crippen LogP contribution in [0, 0.1) is 12.8 Å². The maximum atomic E-state index is 9.85. The minimum atomic E-state index is -0.393. The van der Waals surface area contributed by atoms with Gasteiger partial charge >= 0.3 is 0 Å². The normalized spacial score (nSPS) is 13.6. The summed E-state index contributed by atoms with van der Waals surface area (Å²) in [5.41, 5.74) is 1.53. The van der Waals surface area contributed by atoms with Crippen molar-refractivity contribution in [1.29, 1.82) is 0 Å². The van der Waals surface area contributed by atoms with Crippen LogP contribution in [-0.4, -0.2) is 30.8 Å². The highest BCUT2D eigenvalue weighted by molar-refractivity contribution is 5.43. The van der Waals surface area contributed by atoms with Crippen molar-refractivity contribution in [3.63, 3.8) is 0 Å². The van der Waals surface area contributed by atoms with Gasteiger partial charge in [-0.25, -0.2) is 0 Å². The fraction of sp³-hybridized carbons (Fsp3) is 0.545. The Morgan fingerprint density at radius 3 is 2.81 bits per heavy atom. The fourth-order valence-electron chi connectivity index (χ4n) is 1.57. The summed E-state index contributed by atoms with van der Waals surface area (Å²) in [4.78, 5) is 4.26. The summed E-state index contributed by atoms with van der Waals surface area (Å²) in [6.07, 6.45) is 3.66. The predicted octanol–water partition coefficient (Wildman–Crippen LogP) is 0.992. The molecule has 5 nitrogen and oxygen atoms in total. The van der Waals surface area contributed by atoms with E-state index in [1.54, 1.807) is 6.20 Å². The number of fused-ring (bicyclic) bond motifs is 1. The highest BCUT2D eigenvalue weighted by Crippen LogP contribution is 2.12. The lowest BCUT2D eigenvalue weighted by molar-refractivity contribution is 0.125. The van der Waals surface area contributed by atoms with Gasteiger partial charge in [-0.3, -0.25) is 9.38 Å². The zero-order valence-electron chi connectivity index (χ0n) is 9.75. The topological polar surface area (TPSA) is 63.3 Å². The predicted molar refractivity (Wildman–Crippen MR) is 60.1 cm³/mol. The van der Waals surface area contributed by atoms with Gasteiger partial charge in [-0.05, 0) is 12.8 Å². The Bertz CT molecular complexity index is 492. The first-order valence-corrected chi connectivity index (χ1v) is 5.43. The number of hydrogen-bond acceptors (Lipinski definition) is 4. The second-order valence-corrected chi connectivity index (χ2v) is 4.33. The largest absolute Gasteiger partial charge is 0.392 e. The molecule has 1 unspecified atom stereocenters. The first-order chi connectivity index (χ1) is 7.59. The molecule has 0 aliphatic carbocycles. The fourth-order valence-corrected chi connectivity index (χ4v) is 1.57. The van der Waals surface area contributed by atoms with Crippen LogP contribution >= 0.6 is 0 Å². The highest BCUT2D eigenvalue weighted by Gasteiger charge is 2.15. The maximum Gasteiger partial charge on any atom is 0.182 e. The van der Waals surface area contributed by atoms with Crippen molar-refractivity contribution in [2.24, 2.45) is 5.92 Å². The molecule has 0 fully saturated rings. The van der Waals surface area contributed by atoms with Gasteiger partial charge in [0.2, 0.25) is 0 Å². The zero-order chi connectivity index (χ0) is 11.7. The molecule has 0 spiro atoms. The SMILES string of the molecule is Cc1nnc2c(CC(O)C(C)C)nccn12. The van der Waals surface area contributed by atoms with Crippen LogP contribution in [0.3, 0.4) is 0 Å². The van der Waals surface area contributed by atoms with Gasteiger partial charge in [-0.15, -0.1) is 10.2 Å². The van der Waals surface area contributed by atoms with E-state index in [0.29, 0.717) is 6.42 Å². The Balaban J connectivity index is 2.37. The molecule has 0 aromatic carbocycles. The van der Waals surface area contributed by atoms with Crippen molar-refractivity contribution in [1.82, 2.24) is 19.6 Å². The third kappa shape index (κ3) is 1.90. The molecular weight excluding hydrogens is 204 g/mol. The molecule has 0 bridgehead atoms. The molecule has 1 atom stereocenters. The van der Waals surface area contributed by atoms with Crippen LogP contribution < -0.4 is 0 Å². The van der Waals surface area contributed by atoms with E-state index in [9.17, 15) is 5.11 Å². The molecule has 2 heterocycles. The molecule has 0 saturated carbocycles. The Labute approximate surface area is 94.2 Å². The molecule has 2 aromatic heterocycles. The average molecular weight is 220 g/mol. The van der Waals surface area contributed by atoms with E-state index in [1.807, 2.05) is 31.4 Å². The molecule has 86 valence electrons. The van der Waals surface area contributed by atoms with Gasteiger partial charge in [-0.2, -0.15) is 0 Å². The molecule has 0 saturated heterocycles. The van der Waals surface area contributed by atoms with Gasteiger partial charge in [0.1, 0.15) is 5.82 Å². The summed E-state index contributed by atoms with van der Waals surface area (Å²) in [7, 11) is 0. The number of aliphatic hydroxyl groups excluding tert-OH is 1.